The van der Waals surface area contributed by atoms with Crippen LogP contribution in [0.15, 0.2) is 36.4 Å². The van der Waals surface area contributed by atoms with Crippen LogP contribution < -0.4 is 11.1 Å². The van der Waals surface area contributed by atoms with Crippen LogP contribution in [-0.2, 0) is 11.2 Å². The van der Waals surface area contributed by atoms with Crippen LogP contribution in [-0.4, -0.2) is 5.91 Å². The summed E-state index contributed by atoms with van der Waals surface area (Å²) >= 11 is 5.91. The van der Waals surface area contributed by atoms with E-state index in [1.807, 2.05) is 38.1 Å². The Morgan fingerprint density at radius 1 is 1.20 bits per heavy atom. The number of halogens is 1. The SMILES string of the molecule is Cc1cc(NC(=O)Cc2cccc(Cl)c2)c(C)cc1N. The van der Waals surface area contributed by atoms with Crippen molar-refractivity contribution in [1.29, 1.82) is 0 Å². The number of amides is 1. The van der Waals surface area contributed by atoms with Gasteiger partial charge in [0.1, 0.15) is 0 Å². The summed E-state index contributed by atoms with van der Waals surface area (Å²) in [7, 11) is 0. The van der Waals surface area contributed by atoms with Gasteiger partial charge in [-0.3, -0.25) is 4.79 Å². The smallest absolute Gasteiger partial charge is 0.228 e. The Balaban J connectivity index is 2.10. The molecule has 4 heteroatoms. The number of anilines is 2. The molecule has 0 aliphatic heterocycles. The molecule has 2 rings (SSSR count). The summed E-state index contributed by atoms with van der Waals surface area (Å²) in [5, 5.41) is 3.54. The summed E-state index contributed by atoms with van der Waals surface area (Å²) in [6.45, 7) is 3.84. The minimum Gasteiger partial charge on any atom is -0.399 e. The average molecular weight is 289 g/mol. The molecule has 2 aromatic rings. The molecule has 1 amide bonds. The highest BCUT2D eigenvalue weighted by Crippen LogP contribution is 2.22. The number of nitrogen functional groups attached to an aromatic ring is 1. The first-order valence-electron chi connectivity index (χ1n) is 6.36. The van der Waals surface area contributed by atoms with Crippen LogP contribution in [0.3, 0.4) is 0 Å². The molecule has 0 unspecified atom stereocenters. The van der Waals surface area contributed by atoms with Crippen LogP contribution in [0.4, 0.5) is 11.4 Å². The second-order valence-corrected chi connectivity index (χ2v) is 5.32. The maximum Gasteiger partial charge on any atom is 0.228 e. The lowest BCUT2D eigenvalue weighted by Gasteiger charge is -2.11. The number of benzene rings is 2. The standard InChI is InChI=1S/C16H17ClN2O/c1-10-7-15(11(2)6-14(10)18)19-16(20)9-12-4-3-5-13(17)8-12/h3-8H,9,18H2,1-2H3,(H,19,20). The topological polar surface area (TPSA) is 55.1 Å². The predicted octanol–water partition coefficient (Wildman–Crippen LogP) is 3.72. The van der Waals surface area contributed by atoms with Gasteiger partial charge >= 0.3 is 0 Å². The van der Waals surface area contributed by atoms with E-state index in [0.717, 1.165) is 28.1 Å². The molecular formula is C16H17ClN2O. The molecule has 0 aliphatic carbocycles. The minimum atomic E-state index is -0.0699. The highest BCUT2D eigenvalue weighted by molar-refractivity contribution is 6.30. The Hall–Kier alpha value is -2.00. The molecule has 0 atom stereocenters. The van der Waals surface area contributed by atoms with Crippen molar-refractivity contribution in [2.24, 2.45) is 0 Å². The van der Waals surface area contributed by atoms with Gasteiger partial charge in [0.15, 0.2) is 0 Å². The van der Waals surface area contributed by atoms with Crippen molar-refractivity contribution in [1.82, 2.24) is 0 Å². The van der Waals surface area contributed by atoms with Crippen molar-refractivity contribution in [2.75, 3.05) is 11.1 Å². The number of hydrogen-bond donors (Lipinski definition) is 2. The lowest BCUT2D eigenvalue weighted by atomic mass is 10.1. The van der Waals surface area contributed by atoms with E-state index in [4.69, 9.17) is 17.3 Å². The van der Waals surface area contributed by atoms with Crippen molar-refractivity contribution in [2.45, 2.75) is 20.3 Å². The third-order valence-corrected chi connectivity index (χ3v) is 3.38. The number of aryl methyl sites for hydroxylation is 2. The lowest BCUT2D eigenvalue weighted by Crippen LogP contribution is -2.15. The Kier molecular flexibility index (Phi) is 4.30. The van der Waals surface area contributed by atoms with Gasteiger partial charge in [0.05, 0.1) is 6.42 Å². The summed E-state index contributed by atoms with van der Waals surface area (Å²) < 4.78 is 0. The molecule has 0 saturated carbocycles. The van der Waals surface area contributed by atoms with Crippen LogP contribution in [0.5, 0.6) is 0 Å². The zero-order valence-electron chi connectivity index (χ0n) is 11.5. The van der Waals surface area contributed by atoms with E-state index in [9.17, 15) is 4.79 Å². The van der Waals surface area contributed by atoms with Gasteiger partial charge in [-0.2, -0.15) is 0 Å². The fourth-order valence-electron chi connectivity index (χ4n) is 2.00. The second-order valence-electron chi connectivity index (χ2n) is 4.88. The van der Waals surface area contributed by atoms with E-state index in [1.54, 1.807) is 12.1 Å². The summed E-state index contributed by atoms with van der Waals surface area (Å²) in [5.41, 5.74) is 10.2. The van der Waals surface area contributed by atoms with E-state index in [2.05, 4.69) is 5.32 Å². The summed E-state index contributed by atoms with van der Waals surface area (Å²) in [6, 6.07) is 11.1. The number of nitrogens with one attached hydrogen (secondary N) is 1. The molecule has 0 fully saturated rings. The molecule has 0 radical (unpaired) electrons. The average Bonchev–Trinajstić information content (AvgIpc) is 2.36. The number of nitrogens with two attached hydrogens (primary N) is 1. The quantitative estimate of drug-likeness (QED) is 0.846. The van der Waals surface area contributed by atoms with Crippen molar-refractivity contribution >= 4 is 28.9 Å². The van der Waals surface area contributed by atoms with Gasteiger partial charge in [0.25, 0.3) is 0 Å². The molecule has 3 N–H and O–H groups in total. The Labute approximate surface area is 123 Å². The zero-order valence-corrected chi connectivity index (χ0v) is 12.3. The monoisotopic (exact) mass is 288 g/mol. The fraction of sp³-hybridized carbons (Fsp3) is 0.188. The highest BCUT2D eigenvalue weighted by atomic mass is 35.5. The van der Waals surface area contributed by atoms with E-state index < -0.39 is 0 Å². The summed E-state index contributed by atoms with van der Waals surface area (Å²) in [5.74, 6) is -0.0699. The molecule has 0 heterocycles. The third kappa shape index (κ3) is 3.52. The van der Waals surface area contributed by atoms with Gasteiger partial charge in [-0.15, -0.1) is 0 Å². The molecule has 0 saturated heterocycles. The molecule has 3 nitrogen and oxygen atoms in total. The van der Waals surface area contributed by atoms with Gasteiger partial charge in [0.2, 0.25) is 5.91 Å². The number of rotatable bonds is 3. The van der Waals surface area contributed by atoms with Crippen LogP contribution in [0.1, 0.15) is 16.7 Å². The fourth-order valence-corrected chi connectivity index (χ4v) is 2.21. The first-order chi connectivity index (χ1) is 9.45. The normalized spacial score (nSPS) is 10.3. The number of hydrogen-bond acceptors (Lipinski definition) is 2. The molecule has 20 heavy (non-hydrogen) atoms. The first-order valence-corrected chi connectivity index (χ1v) is 6.74. The van der Waals surface area contributed by atoms with Crippen LogP contribution in [0.2, 0.25) is 5.02 Å². The van der Waals surface area contributed by atoms with E-state index in [0.29, 0.717) is 11.4 Å². The van der Waals surface area contributed by atoms with E-state index in [1.165, 1.54) is 0 Å². The van der Waals surface area contributed by atoms with E-state index in [-0.39, 0.29) is 5.91 Å². The van der Waals surface area contributed by atoms with Gasteiger partial charge in [-0.1, -0.05) is 23.7 Å². The molecule has 0 spiro atoms. The second kappa shape index (κ2) is 5.97. The van der Waals surface area contributed by atoms with Crippen LogP contribution in [0.25, 0.3) is 0 Å². The molecule has 0 aromatic heterocycles. The molecule has 0 bridgehead atoms. The minimum absolute atomic E-state index is 0.0699. The molecular weight excluding hydrogens is 272 g/mol. The molecule has 0 aliphatic rings. The Bertz CT molecular complexity index is 653. The number of carbonyl (C=O) groups is 1. The van der Waals surface area contributed by atoms with Crippen LogP contribution in [0, 0.1) is 13.8 Å². The van der Waals surface area contributed by atoms with Crippen molar-refractivity contribution in [3.05, 3.63) is 58.1 Å². The summed E-state index contributed by atoms with van der Waals surface area (Å²) in [6.07, 6.45) is 0.295. The Morgan fingerprint density at radius 2 is 1.95 bits per heavy atom. The van der Waals surface area contributed by atoms with Gasteiger partial charge in [0, 0.05) is 16.4 Å². The largest absolute Gasteiger partial charge is 0.399 e. The molecule has 104 valence electrons. The summed E-state index contributed by atoms with van der Waals surface area (Å²) in [4.78, 5) is 12.1. The number of carbonyl (C=O) groups excluding carboxylic acids is 1. The van der Waals surface area contributed by atoms with Crippen molar-refractivity contribution < 1.29 is 4.79 Å². The Morgan fingerprint density at radius 3 is 2.65 bits per heavy atom. The maximum atomic E-state index is 12.1. The van der Waals surface area contributed by atoms with Gasteiger partial charge in [-0.05, 0) is 54.8 Å². The molecule has 2 aromatic carbocycles. The van der Waals surface area contributed by atoms with Gasteiger partial charge in [-0.25, -0.2) is 0 Å². The van der Waals surface area contributed by atoms with Gasteiger partial charge < -0.3 is 11.1 Å². The van der Waals surface area contributed by atoms with Crippen LogP contribution >= 0.6 is 11.6 Å². The highest BCUT2D eigenvalue weighted by Gasteiger charge is 2.08. The van der Waals surface area contributed by atoms with Crippen molar-refractivity contribution in [3.63, 3.8) is 0 Å². The third-order valence-electron chi connectivity index (χ3n) is 3.14. The lowest BCUT2D eigenvalue weighted by molar-refractivity contribution is -0.115. The maximum absolute atomic E-state index is 12.1. The predicted molar refractivity (Wildman–Crippen MR) is 84.1 cm³/mol. The first kappa shape index (κ1) is 14.4. The van der Waals surface area contributed by atoms with Crippen molar-refractivity contribution in [3.8, 4) is 0 Å². The zero-order chi connectivity index (χ0) is 14.7. The van der Waals surface area contributed by atoms with E-state index >= 15 is 0 Å².